The topological polar surface area (TPSA) is 81.4 Å². The van der Waals surface area contributed by atoms with Crippen molar-refractivity contribution in [2.45, 2.75) is 13.3 Å². The van der Waals surface area contributed by atoms with E-state index in [4.69, 9.17) is 5.73 Å². The number of nitrogens with two attached hydrogens (primary N) is 1. The van der Waals surface area contributed by atoms with Gasteiger partial charge in [0.2, 0.25) is 5.91 Å². The molecule has 0 saturated carbocycles. The average molecular weight is 242 g/mol. The van der Waals surface area contributed by atoms with E-state index in [9.17, 15) is 9.59 Å². The number of methoxy groups -OCH3 is 1. The average Bonchev–Trinajstić information content (AvgIpc) is 2.60. The molecule has 6 heteroatoms. The second-order valence-electron chi connectivity index (χ2n) is 3.20. The third kappa shape index (κ3) is 2.80. The van der Waals surface area contributed by atoms with Gasteiger partial charge in [-0.25, -0.2) is 4.79 Å². The Morgan fingerprint density at radius 2 is 2.25 bits per heavy atom. The summed E-state index contributed by atoms with van der Waals surface area (Å²) < 4.78 is 4.63. The summed E-state index contributed by atoms with van der Waals surface area (Å²) in [4.78, 5) is 23.2. The Morgan fingerprint density at radius 3 is 2.81 bits per heavy atom. The fraction of sp³-hybridized carbons (Fsp3) is 0.400. The van der Waals surface area contributed by atoms with Gasteiger partial charge >= 0.3 is 5.97 Å². The van der Waals surface area contributed by atoms with E-state index in [0.717, 1.165) is 5.56 Å². The molecule has 1 rings (SSSR count). The van der Waals surface area contributed by atoms with Gasteiger partial charge in [0.05, 0.1) is 12.8 Å². The third-order valence-electron chi connectivity index (χ3n) is 1.98. The molecule has 0 unspecified atom stereocenters. The van der Waals surface area contributed by atoms with Crippen LogP contribution in [0.5, 0.6) is 0 Å². The minimum Gasteiger partial charge on any atom is -0.465 e. The van der Waals surface area contributed by atoms with Crippen molar-refractivity contribution >= 4 is 28.9 Å². The molecule has 88 valence electrons. The van der Waals surface area contributed by atoms with Gasteiger partial charge < -0.3 is 15.8 Å². The van der Waals surface area contributed by atoms with Crippen molar-refractivity contribution in [1.82, 2.24) is 0 Å². The van der Waals surface area contributed by atoms with Gasteiger partial charge in [0.25, 0.3) is 0 Å². The standard InChI is InChI=1S/C10H14N2O3S/c1-6-5-16-9(10(14)15-2)8(6)12-7(13)3-4-11/h5H,3-4,11H2,1-2H3,(H,12,13). The van der Waals surface area contributed by atoms with Crippen LogP contribution in [0.3, 0.4) is 0 Å². The monoisotopic (exact) mass is 242 g/mol. The molecule has 0 aliphatic carbocycles. The molecular weight excluding hydrogens is 228 g/mol. The largest absolute Gasteiger partial charge is 0.465 e. The van der Waals surface area contributed by atoms with Crippen LogP contribution in [-0.4, -0.2) is 25.5 Å². The summed E-state index contributed by atoms with van der Waals surface area (Å²) in [5, 5.41) is 4.46. The van der Waals surface area contributed by atoms with E-state index < -0.39 is 5.97 Å². The van der Waals surface area contributed by atoms with Crippen molar-refractivity contribution in [3.05, 3.63) is 15.8 Å². The smallest absolute Gasteiger partial charge is 0.350 e. The van der Waals surface area contributed by atoms with Crippen LogP contribution in [0.2, 0.25) is 0 Å². The van der Waals surface area contributed by atoms with E-state index in [1.807, 2.05) is 6.92 Å². The molecule has 0 radical (unpaired) electrons. The lowest BCUT2D eigenvalue weighted by Crippen LogP contribution is -2.17. The van der Waals surface area contributed by atoms with Crippen LogP contribution in [0.1, 0.15) is 21.7 Å². The van der Waals surface area contributed by atoms with E-state index in [0.29, 0.717) is 10.6 Å². The quantitative estimate of drug-likeness (QED) is 0.775. The van der Waals surface area contributed by atoms with E-state index in [1.165, 1.54) is 18.4 Å². The molecule has 1 heterocycles. The predicted octanol–water partition coefficient (Wildman–Crippen LogP) is 1.13. The zero-order valence-corrected chi connectivity index (χ0v) is 10.0. The van der Waals surface area contributed by atoms with Crippen LogP contribution in [0.25, 0.3) is 0 Å². The van der Waals surface area contributed by atoms with Gasteiger partial charge in [0.1, 0.15) is 4.88 Å². The molecule has 0 aromatic carbocycles. The maximum absolute atomic E-state index is 11.4. The maximum Gasteiger partial charge on any atom is 0.350 e. The molecule has 1 aromatic heterocycles. The summed E-state index contributed by atoms with van der Waals surface area (Å²) >= 11 is 1.25. The minimum absolute atomic E-state index is 0.200. The lowest BCUT2D eigenvalue weighted by molar-refractivity contribution is -0.116. The predicted molar refractivity (Wildman–Crippen MR) is 62.7 cm³/mol. The second kappa shape index (κ2) is 5.62. The molecule has 0 saturated heterocycles. The first-order valence-corrected chi connectivity index (χ1v) is 5.64. The molecule has 16 heavy (non-hydrogen) atoms. The first-order valence-electron chi connectivity index (χ1n) is 4.76. The Morgan fingerprint density at radius 1 is 1.56 bits per heavy atom. The maximum atomic E-state index is 11.4. The van der Waals surface area contributed by atoms with Crippen LogP contribution in [0.15, 0.2) is 5.38 Å². The van der Waals surface area contributed by atoms with Crippen molar-refractivity contribution in [2.75, 3.05) is 19.0 Å². The molecule has 3 N–H and O–H groups in total. The third-order valence-corrected chi connectivity index (χ3v) is 3.06. The highest BCUT2D eigenvalue weighted by Gasteiger charge is 2.18. The molecule has 0 bridgehead atoms. The van der Waals surface area contributed by atoms with Crippen molar-refractivity contribution in [3.8, 4) is 0 Å². The van der Waals surface area contributed by atoms with E-state index in [1.54, 1.807) is 5.38 Å². The number of amides is 1. The van der Waals surface area contributed by atoms with Crippen LogP contribution < -0.4 is 11.1 Å². The van der Waals surface area contributed by atoms with Crippen LogP contribution in [0.4, 0.5) is 5.69 Å². The highest BCUT2D eigenvalue weighted by atomic mass is 32.1. The molecule has 1 aromatic rings. The zero-order chi connectivity index (χ0) is 12.1. The van der Waals surface area contributed by atoms with Gasteiger partial charge in [-0.1, -0.05) is 0 Å². The lowest BCUT2D eigenvalue weighted by atomic mass is 10.2. The SMILES string of the molecule is COC(=O)c1scc(C)c1NC(=O)CCN. The van der Waals surface area contributed by atoms with Crippen molar-refractivity contribution in [2.24, 2.45) is 5.73 Å². The Hall–Kier alpha value is -1.40. The number of hydrogen-bond acceptors (Lipinski definition) is 5. The molecule has 0 aliphatic rings. The highest BCUT2D eigenvalue weighted by molar-refractivity contribution is 7.12. The number of rotatable bonds is 4. The van der Waals surface area contributed by atoms with Gasteiger partial charge in [-0.05, 0) is 17.9 Å². The van der Waals surface area contributed by atoms with Crippen LogP contribution >= 0.6 is 11.3 Å². The van der Waals surface area contributed by atoms with E-state index >= 15 is 0 Å². The number of aryl methyl sites for hydroxylation is 1. The number of ether oxygens (including phenoxy) is 1. The normalized spacial score (nSPS) is 9.94. The summed E-state index contributed by atoms with van der Waals surface area (Å²) in [5.41, 5.74) is 6.64. The minimum atomic E-state index is -0.443. The summed E-state index contributed by atoms with van der Waals surface area (Å²) in [5.74, 6) is -0.643. The number of anilines is 1. The fourth-order valence-corrected chi connectivity index (χ4v) is 2.10. The Labute approximate surface area is 97.6 Å². The number of thiophene rings is 1. The molecular formula is C10H14N2O3S. The van der Waals surface area contributed by atoms with Gasteiger partial charge in [0.15, 0.2) is 0 Å². The number of hydrogen-bond donors (Lipinski definition) is 2. The summed E-state index contributed by atoms with van der Waals surface area (Å²) in [6.45, 7) is 2.10. The van der Waals surface area contributed by atoms with E-state index in [2.05, 4.69) is 10.1 Å². The first-order chi connectivity index (χ1) is 7.60. The van der Waals surface area contributed by atoms with Crippen molar-refractivity contribution in [1.29, 1.82) is 0 Å². The molecule has 0 spiro atoms. The van der Waals surface area contributed by atoms with Crippen LogP contribution in [-0.2, 0) is 9.53 Å². The van der Waals surface area contributed by atoms with Crippen LogP contribution in [0, 0.1) is 6.92 Å². The van der Waals surface area contributed by atoms with Gasteiger partial charge in [0, 0.05) is 13.0 Å². The molecule has 5 nitrogen and oxygen atoms in total. The summed E-state index contributed by atoms with van der Waals surface area (Å²) in [7, 11) is 1.31. The second-order valence-corrected chi connectivity index (χ2v) is 4.08. The first kappa shape index (κ1) is 12.7. The molecule has 1 amide bonds. The fourth-order valence-electron chi connectivity index (χ4n) is 1.18. The highest BCUT2D eigenvalue weighted by Crippen LogP contribution is 2.28. The Kier molecular flexibility index (Phi) is 4.45. The molecule has 0 atom stereocenters. The van der Waals surface area contributed by atoms with Gasteiger partial charge in [-0.3, -0.25) is 4.79 Å². The Balaban J connectivity index is 2.89. The van der Waals surface area contributed by atoms with Crippen molar-refractivity contribution in [3.63, 3.8) is 0 Å². The number of nitrogens with one attached hydrogen (secondary N) is 1. The number of carbonyl (C=O) groups excluding carboxylic acids is 2. The van der Waals surface area contributed by atoms with Gasteiger partial charge in [-0.15, -0.1) is 11.3 Å². The van der Waals surface area contributed by atoms with Gasteiger partial charge in [-0.2, -0.15) is 0 Å². The molecule has 0 fully saturated rings. The Bertz CT molecular complexity index is 401. The number of carbonyl (C=O) groups is 2. The summed E-state index contributed by atoms with van der Waals surface area (Å²) in [6.07, 6.45) is 0.232. The lowest BCUT2D eigenvalue weighted by Gasteiger charge is -2.06. The summed E-state index contributed by atoms with van der Waals surface area (Å²) in [6, 6.07) is 0. The van der Waals surface area contributed by atoms with E-state index in [-0.39, 0.29) is 18.9 Å². The molecule has 0 aliphatic heterocycles. The van der Waals surface area contributed by atoms with Crippen molar-refractivity contribution < 1.29 is 14.3 Å². The zero-order valence-electron chi connectivity index (χ0n) is 9.20. The number of esters is 1.